The zero-order chi connectivity index (χ0) is 13.1. The lowest BCUT2D eigenvalue weighted by atomic mass is 9.99. The minimum atomic E-state index is 0.482. The molecule has 2 unspecified atom stereocenters. The second-order valence-electron chi connectivity index (χ2n) is 5.14. The van der Waals surface area contributed by atoms with Crippen molar-refractivity contribution in [3.63, 3.8) is 0 Å². The molecular weight excluding hydrogens is 226 g/mol. The first-order chi connectivity index (χ1) is 8.58. The van der Waals surface area contributed by atoms with Crippen molar-refractivity contribution >= 4 is 11.6 Å². The number of nitrogens with two attached hydrogens (primary N) is 1. The molecule has 0 spiro atoms. The number of anilines is 2. The van der Waals surface area contributed by atoms with Crippen molar-refractivity contribution in [2.75, 3.05) is 24.6 Å². The third-order valence-corrected chi connectivity index (χ3v) is 3.67. The van der Waals surface area contributed by atoms with Crippen molar-refractivity contribution in [1.29, 1.82) is 0 Å². The molecule has 3 N–H and O–H groups in total. The maximum Gasteiger partial charge on any atom is 0.132 e. The normalized spacial score (nSPS) is 25.1. The number of aryl methyl sites for hydroxylation is 1. The van der Waals surface area contributed by atoms with Crippen LogP contribution in [0, 0.1) is 0 Å². The van der Waals surface area contributed by atoms with Gasteiger partial charge in [0.05, 0.1) is 0 Å². The fourth-order valence-electron chi connectivity index (χ4n) is 2.38. The Kier molecular flexibility index (Phi) is 4.01. The minimum absolute atomic E-state index is 0.482. The second-order valence-corrected chi connectivity index (χ2v) is 5.14. The first-order valence-electron chi connectivity index (χ1n) is 6.68. The number of likely N-dealkylation sites (tertiary alicyclic amines) is 1. The average molecular weight is 249 g/mol. The zero-order valence-electron chi connectivity index (χ0n) is 11.5. The Morgan fingerprint density at radius 3 is 2.94 bits per heavy atom. The topological polar surface area (TPSA) is 67.1 Å². The molecule has 0 aromatic carbocycles. The fourth-order valence-corrected chi connectivity index (χ4v) is 2.38. The Hall–Kier alpha value is -1.36. The van der Waals surface area contributed by atoms with E-state index in [1.807, 2.05) is 13.0 Å². The number of rotatable bonds is 3. The van der Waals surface area contributed by atoms with Crippen LogP contribution in [0.2, 0.25) is 0 Å². The monoisotopic (exact) mass is 249 g/mol. The van der Waals surface area contributed by atoms with Crippen molar-refractivity contribution in [3.8, 4) is 0 Å². The lowest BCUT2D eigenvalue weighted by molar-refractivity contribution is 0.190. The van der Waals surface area contributed by atoms with Crippen LogP contribution in [0.5, 0.6) is 0 Å². The van der Waals surface area contributed by atoms with Gasteiger partial charge >= 0.3 is 0 Å². The summed E-state index contributed by atoms with van der Waals surface area (Å²) in [6.45, 7) is 5.43. The molecule has 5 nitrogen and oxygen atoms in total. The van der Waals surface area contributed by atoms with E-state index < -0.39 is 0 Å². The largest absolute Gasteiger partial charge is 0.384 e. The molecule has 1 saturated heterocycles. The Bertz CT molecular complexity index is 406. The molecule has 5 heteroatoms. The second kappa shape index (κ2) is 5.52. The van der Waals surface area contributed by atoms with Gasteiger partial charge in [-0.1, -0.05) is 6.92 Å². The summed E-state index contributed by atoms with van der Waals surface area (Å²) in [5.74, 6) is 2.21. The van der Waals surface area contributed by atoms with Gasteiger partial charge in [-0.05, 0) is 26.8 Å². The summed E-state index contributed by atoms with van der Waals surface area (Å²) in [5, 5.41) is 3.49. The molecule has 1 aliphatic heterocycles. The molecule has 1 aliphatic rings. The van der Waals surface area contributed by atoms with Gasteiger partial charge in [-0.15, -0.1) is 0 Å². The lowest BCUT2D eigenvalue weighted by Crippen LogP contribution is -2.42. The molecule has 2 heterocycles. The Morgan fingerprint density at radius 2 is 2.28 bits per heavy atom. The van der Waals surface area contributed by atoms with Crippen LogP contribution in [0.3, 0.4) is 0 Å². The molecule has 0 radical (unpaired) electrons. The van der Waals surface area contributed by atoms with Gasteiger partial charge in [-0.3, -0.25) is 0 Å². The van der Waals surface area contributed by atoms with Crippen molar-refractivity contribution in [1.82, 2.24) is 14.9 Å². The predicted octanol–water partition coefficient (Wildman–Crippen LogP) is 1.52. The lowest BCUT2D eigenvalue weighted by Gasteiger charge is -2.35. The van der Waals surface area contributed by atoms with Gasteiger partial charge in [0.2, 0.25) is 0 Å². The molecule has 1 aromatic rings. The fraction of sp³-hybridized carbons (Fsp3) is 0.692. The molecule has 18 heavy (non-hydrogen) atoms. The first-order valence-corrected chi connectivity index (χ1v) is 6.68. The minimum Gasteiger partial charge on any atom is -0.384 e. The van der Waals surface area contributed by atoms with Crippen LogP contribution in [-0.2, 0) is 6.42 Å². The molecule has 0 amide bonds. The molecule has 0 saturated carbocycles. The molecule has 1 fully saturated rings. The van der Waals surface area contributed by atoms with E-state index in [0.29, 0.717) is 17.9 Å². The van der Waals surface area contributed by atoms with Crippen LogP contribution < -0.4 is 11.1 Å². The van der Waals surface area contributed by atoms with E-state index in [0.717, 1.165) is 37.4 Å². The van der Waals surface area contributed by atoms with Gasteiger partial charge < -0.3 is 16.0 Å². The van der Waals surface area contributed by atoms with Gasteiger partial charge in [0, 0.05) is 31.1 Å². The van der Waals surface area contributed by atoms with E-state index in [2.05, 4.69) is 34.2 Å². The van der Waals surface area contributed by atoms with Gasteiger partial charge in [0.1, 0.15) is 17.5 Å². The van der Waals surface area contributed by atoms with E-state index in [1.165, 1.54) is 0 Å². The number of nitrogens with one attached hydrogen (secondary N) is 1. The third-order valence-electron chi connectivity index (χ3n) is 3.67. The van der Waals surface area contributed by atoms with Crippen molar-refractivity contribution in [2.45, 2.75) is 45.2 Å². The first kappa shape index (κ1) is 13.1. The van der Waals surface area contributed by atoms with Crippen LogP contribution in [0.1, 0.15) is 32.5 Å². The number of nitrogen functional groups attached to an aromatic ring is 1. The van der Waals surface area contributed by atoms with E-state index in [4.69, 9.17) is 5.73 Å². The van der Waals surface area contributed by atoms with E-state index in [1.54, 1.807) is 0 Å². The summed E-state index contributed by atoms with van der Waals surface area (Å²) in [6, 6.07) is 2.92. The molecule has 2 rings (SSSR count). The van der Waals surface area contributed by atoms with E-state index in [-0.39, 0.29) is 0 Å². The molecule has 1 aromatic heterocycles. The highest BCUT2D eigenvalue weighted by molar-refractivity contribution is 5.45. The van der Waals surface area contributed by atoms with Crippen LogP contribution in [0.4, 0.5) is 11.6 Å². The van der Waals surface area contributed by atoms with E-state index >= 15 is 0 Å². The summed E-state index contributed by atoms with van der Waals surface area (Å²) in [6.07, 6.45) is 3.09. The molecular formula is C13H23N5. The number of piperidine rings is 1. The summed E-state index contributed by atoms with van der Waals surface area (Å²) >= 11 is 0. The molecule has 0 bridgehead atoms. The average Bonchev–Trinajstić information content (AvgIpc) is 2.33. The van der Waals surface area contributed by atoms with Crippen LogP contribution in [0.25, 0.3) is 0 Å². The quantitative estimate of drug-likeness (QED) is 0.850. The number of hydrogen-bond acceptors (Lipinski definition) is 5. The third kappa shape index (κ3) is 3.10. The van der Waals surface area contributed by atoms with Crippen LogP contribution in [0.15, 0.2) is 6.07 Å². The number of aromatic nitrogens is 2. The highest BCUT2D eigenvalue weighted by Crippen LogP contribution is 2.19. The van der Waals surface area contributed by atoms with Crippen LogP contribution in [-0.4, -0.2) is 40.5 Å². The summed E-state index contributed by atoms with van der Waals surface area (Å²) in [7, 11) is 2.18. The van der Waals surface area contributed by atoms with E-state index in [9.17, 15) is 0 Å². The summed E-state index contributed by atoms with van der Waals surface area (Å²) in [5.41, 5.74) is 5.79. The Labute approximate surface area is 109 Å². The standard InChI is InChI=1S/C13H23N5/c1-4-12-16-11(14)8-13(17-12)15-10-5-6-18(3)9(2)7-10/h8-10H,4-7H2,1-3H3,(H3,14,15,16,17). The van der Waals surface area contributed by atoms with Crippen molar-refractivity contribution in [2.24, 2.45) is 0 Å². The highest BCUT2D eigenvalue weighted by Gasteiger charge is 2.22. The summed E-state index contributed by atoms with van der Waals surface area (Å²) < 4.78 is 0. The molecule has 2 atom stereocenters. The van der Waals surface area contributed by atoms with Gasteiger partial charge in [0.15, 0.2) is 0 Å². The maximum absolute atomic E-state index is 5.79. The maximum atomic E-state index is 5.79. The van der Waals surface area contributed by atoms with Gasteiger partial charge in [-0.25, -0.2) is 9.97 Å². The summed E-state index contributed by atoms with van der Waals surface area (Å²) in [4.78, 5) is 11.1. The van der Waals surface area contributed by atoms with Gasteiger partial charge in [0.25, 0.3) is 0 Å². The van der Waals surface area contributed by atoms with Crippen molar-refractivity contribution < 1.29 is 0 Å². The predicted molar refractivity (Wildman–Crippen MR) is 74.6 cm³/mol. The zero-order valence-corrected chi connectivity index (χ0v) is 11.5. The van der Waals surface area contributed by atoms with Crippen LogP contribution >= 0.6 is 0 Å². The smallest absolute Gasteiger partial charge is 0.132 e. The van der Waals surface area contributed by atoms with Crippen molar-refractivity contribution in [3.05, 3.63) is 11.9 Å². The SMILES string of the molecule is CCc1nc(N)cc(NC2CCN(C)C(C)C2)n1. The number of hydrogen-bond donors (Lipinski definition) is 2. The van der Waals surface area contributed by atoms with Gasteiger partial charge in [-0.2, -0.15) is 0 Å². The Balaban J connectivity index is 2.03. The molecule has 100 valence electrons. The molecule has 0 aliphatic carbocycles. The highest BCUT2D eigenvalue weighted by atomic mass is 15.2. The Morgan fingerprint density at radius 1 is 1.50 bits per heavy atom. The number of nitrogens with zero attached hydrogens (tertiary/aromatic N) is 3.